The highest BCUT2D eigenvalue weighted by atomic mass is 16.4. The summed E-state index contributed by atoms with van der Waals surface area (Å²) in [6, 6.07) is 6.29. The number of phenolic OH excluding ortho intramolecular Hbond substituents is 1. The van der Waals surface area contributed by atoms with E-state index in [9.17, 15) is 4.79 Å². The summed E-state index contributed by atoms with van der Waals surface area (Å²) in [6.45, 7) is 0.243. The molecule has 82 valence electrons. The van der Waals surface area contributed by atoms with Crippen LogP contribution < -0.4 is 11.1 Å². The number of carboxylic acid groups (broad SMARTS) is 1. The van der Waals surface area contributed by atoms with Crippen molar-refractivity contribution in [1.82, 2.24) is 5.32 Å². The Labute approximate surface area is 87.5 Å². The van der Waals surface area contributed by atoms with Gasteiger partial charge in [0.15, 0.2) is 0 Å². The van der Waals surface area contributed by atoms with Gasteiger partial charge in [-0.3, -0.25) is 0 Å². The number of phenols is 1. The van der Waals surface area contributed by atoms with Crippen molar-refractivity contribution >= 4 is 6.09 Å². The van der Waals surface area contributed by atoms with Crippen LogP contribution in [-0.4, -0.2) is 28.9 Å². The minimum Gasteiger partial charge on any atom is -0.508 e. The molecule has 0 aromatic heterocycles. The van der Waals surface area contributed by atoms with Crippen LogP contribution in [-0.2, 0) is 6.42 Å². The number of nitrogens with two attached hydrogens (primary N) is 1. The second-order valence-corrected chi connectivity index (χ2v) is 3.25. The number of hydrogen-bond donors (Lipinski definition) is 4. The van der Waals surface area contributed by atoms with Crippen LogP contribution in [0.2, 0.25) is 0 Å². The molecule has 1 rings (SSSR count). The molecular formula is C10H14N2O3. The van der Waals surface area contributed by atoms with Crippen LogP contribution in [0.4, 0.5) is 4.79 Å². The number of rotatable bonds is 4. The van der Waals surface area contributed by atoms with Crippen LogP contribution in [0.1, 0.15) is 5.56 Å². The Morgan fingerprint density at radius 1 is 1.40 bits per heavy atom. The molecule has 0 saturated heterocycles. The zero-order chi connectivity index (χ0) is 11.3. The summed E-state index contributed by atoms with van der Waals surface area (Å²) in [5, 5.41) is 19.9. The van der Waals surface area contributed by atoms with E-state index in [0.717, 1.165) is 5.56 Å². The molecule has 0 aliphatic carbocycles. The third-order valence-corrected chi connectivity index (χ3v) is 2.03. The molecule has 0 spiro atoms. The summed E-state index contributed by atoms with van der Waals surface area (Å²) in [5.74, 6) is 0.189. The Morgan fingerprint density at radius 2 is 2.00 bits per heavy atom. The van der Waals surface area contributed by atoms with E-state index in [-0.39, 0.29) is 18.3 Å². The molecule has 0 fully saturated rings. The first-order valence-corrected chi connectivity index (χ1v) is 4.59. The maximum atomic E-state index is 10.4. The van der Waals surface area contributed by atoms with E-state index in [0.29, 0.717) is 6.42 Å². The van der Waals surface area contributed by atoms with E-state index in [4.69, 9.17) is 15.9 Å². The predicted octanol–water partition coefficient (Wildman–Crippen LogP) is 0.530. The zero-order valence-electron chi connectivity index (χ0n) is 8.18. The third-order valence-electron chi connectivity index (χ3n) is 2.03. The molecule has 0 bridgehead atoms. The maximum Gasteiger partial charge on any atom is 0.404 e. The molecule has 1 amide bonds. The Bertz CT molecular complexity index is 324. The fraction of sp³-hybridized carbons (Fsp3) is 0.300. The zero-order valence-corrected chi connectivity index (χ0v) is 8.18. The second-order valence-electron chi connectivity index (χ2n) is 3.25. The summed E-state index contributed by atoms with van der Waals surface area (Å²) in [6.07, 6.45) is -0.562. The number of carbonyl (C=O) groups is 1. The second kappa shape index (κ2) is 5.21. The van der Waals surface area contributed by atoms with Crippen LogP contribution in [0, 0.1) is 0 Å². The van der Waals surface area contributed by atoms with Crippen molar-refractivity contribution in [3.8, 4) is 5.75 Å². The fourth-order valence-corrected chi connectivity index (χ4v) is 1.28. The number of amides is 1. The quantitative estimate of drug-likeness (QED) is 0.583. The van der Waals surface area contributed by atoms with Gasteiger partial charge in [-0.25, -0.2) is 4.79 Å². The van der Waals surface area contributed by atoms with E-state index < -0.39 is 6.09 Å². The van der Waals surface area contributed by atoms with Gasteiger partial charge in [-0.15, -0.1) is 0 Å². The molecule has 0 aliphatic rings. The average molecular weight is 210 g/mol. The van der Waals surface area contributed by atoms with Crippen molar-refractivity contribution < 1.29 is 15.0 Å². The van der Waals surface area contributed by atoms with E-state index in [1.807, 2.05) is 0 Å². The predicted molar refractivity (Wildman–Crippen MR) is 55.8 cm³/mol. The highest BCUT2D eigenvalue weighted by Gasteiger charge is 2.09. The average Bonchev–Trinajstić information content (AvgIpc) is 2.19. The van der Waals surface area contributed by atoms with E-state index in [1.54, 1.807) is 24.3 Å². The number of aromatic hydroxyl groups is 1. The number of nitrogens with one attached hydrogen (secondary N) is 1. The van der Waals surface area contributed by atoms with Gasteiger partial charge in [0.25, 0.3) is 0 Å². The molecule has 0 aliphatic heterocycles. The Hall–Kier alpha value is -1.75. The molecule has 1 aromatic rings. The lowest BCUT2D eigenvalue weighted by atomic mass is 10.1. The highest BCUT2D eigenvalue weighted by Crippen LogP contribution is 2.10. The standard InChI is InChI=1S/C10H14N2O3/c11-6-8(12-10(14)15)5-7-1-3-9(13)4-2-7/h1-4,8,12-13H,5-6,11H2,(H,14,15). The first-order chi connectivity index (χ1) is 7.11. The van der Waals surface area contributed by atoms with Gasteiger partial charge in [0.05, 0.1) is 0 Å². The summed E-state index contributed by atoms with van der Waals surface area (Å²) in [7, 11) is 0. The van der Waals surface area contributed by atoms with Crippen LogP contribution in [0.25, 0.3) is 0 Å². The summed E-state index contributed by atoms with van der Waals surface area (Å²) < 4.78 is 0. The largest absolute Gasteiger partial charge is 0.508 e. The van der Waals surface area contributed by atoms with Gasteiger partial charge in [-0.1, -0.05) is 12.1 Å². The van der Waals surface area contributed by atoms with Gasteiger partial charge in [-0.05, 0) is 24.1 Å². The van der Waals surface area contributed by atoms with E-state index in [2.05, 4.69) is 5.32 Å². The molecule has 1 atom stereocenters. The molecule has 5 heteroatoms. The molecule has 0 saturated carbocycles. The van der Waals surface area contributed by atoms with Crippen molar-refractivity contribution in [3.63, 3.8) is 0 Å². The molecule has 5 nitrogen and oxygen atoms in total. The summed E-state index contributed by atoms with van der Waals surface area (Å²) in [5.41, 5.74) is 6.35. The van der Waals surface area contributed by atoms with E-state index >= 15 is 0 Å². The Morgan fingerprint density at radius 3 is 2.47 bits per heavy atom. The van der Waals surface area contributed by atoms with Crippen LogP contribution in [0.5, 0.6) is 5.75 Å². The number of hydrogen-bond acceptors (Lipinski definition) is 3. The molecule has 1 unspecified atom stereocenters. The molecule has 0 heterocycles. The lowest BCUT2D eigenvalue weighted by molar-refractivity contribution is 0.190. The smallest absolute Gasteiger partial charge is 0.404 e. The lowest BCUT2D eigenvalue weighted by Crippen LogP contribution is -2.40. The SMILES string of the molecule is NCC(Cc1ccc(O)cc1)NC(=O)O. The molecule has 5 N–H and O–H groups in total. The topological polar surface area (TPSA) is 95.6 Å². The normalized spacial score (nSPS) is 12.1. The summed E-state index contributed by atoms with van der Waals surface area (Å²) >= 11 is 0. The first kappa shape index (κ1) is 11.3. The highest BCUT2D eigenvalue weighted by molar-refractivity contribution is 5.64. The number of benzene rings is 1. The van der Waals surface area contributed by atoms with Gasteiger partial charge in [0.1, 0.15) is 5.75 Å². The molecular weight excluding hydrogens is 196 g/mol. The monoisotopic (exact) mass is 210 g/mol. The summed E-state index contributed by atoms with van der Waals surface area (Å²) in [4.78, 5) is 10.4. The fourth-order valence-electron chi connectivity index (χ4n) is 1.28. The van der Waals surface area contributed by atoms with Crippen molar-refractivity contribution in [1.29, 1.82) is 0 Å². The van der Waals surface area contributed by atoms with Crippen molar-refractivity contribution in [2.45, 2.75) is 12.5 Å². The van der Waals surface area contributed by atoms with Crippen LogP contribution in [0.3, 0.4) is 0 Å². The Balaban J connectivity index is 2.58. The van der Waals surface area contributed by atoms with Gasteiger partial charge < -0.3 is 21.3 Å². The van der Waals surface area contributed by atoms with Gasteiger partial charge in [0, 0.05) is 12.6 Å². The first-order valence-electron chi connectivity index (χ1n) is 4.59. The van der Waals surface area contributed by atoms with Crippen LogP contribution >= 0.6 is 0 Å². The molecule has 0 radical (unpaired) electrons. The van der Waals surface area contributed by atoms with Crippen molar-refractivity contribution in [2.24, 2.45) is 5.73 Å². The lowest BCUT2D eigenvalue weighted by Gasteiger charge is -2.14. The minimum absolute atomic E-state index is 0.189. The minimum atomic E-state index is -1.08. The molecule has 1 aromatic carbocycles. The van der Waals surface area contributed by atoms with E-state index in [1.165, 1.54) is 0 Å². The molecule has 15 heavy (non-hydrogen) atoms. The van der Waals surface area contributed by atoms with Crippen molar-refractivity contribution in [3.05, 3.63) is 29.8 Å². The van der Waals surface area contributed by atoms with Gasteiger partial charge in [0.2, 0.25) is 0 Å². The van der Waals surface area contributed by atoms with Gasteiger partial charge in [-0.2, -0.15) is 0 Å². The third kappa shape index (κ3) is 3.86. The van der Waals surface area contributed by atoms with Gasteiger partial charge >= 0.3 is 6.09 Å². The Kier molecular flexibility index (Phi) is 3.93. The maximum absolute atomic E-state index is 10.4. The van der Waals surface area contributed by atoms with Crippen molar-refractivity contribution in [2.75, 3.05) is 6.54 Å². The van der Waals surface area contributed by atoms with Crippen LogP contribution in [0.15, 0.2) is 24.3 Å².